The number of carboxylic acids is 1. The number of primary amides is 1. The standard InChI is InChI=1S/C19H33N5O7S/c1-10(25)15(21)17(28)22-11(7-9-32-2)18(29)24-8-3-4-13(24)16(27)23-12(19(30)31)5-6-14(20)26/h10-13,15,25H,3-9,21H2,1-2H3,(H2,20,26)(H,22,28)(H,23,27)(H,30,31). The summed E-state index contributed by atoms with van der Waals surface area (Å²) in [6.45, 7) is 1.63. The van der Waals surface area contributed by atoms with Crippen LogP contribution < -0.4 is 22.1 Å². The Bertz CT molecular complexity index is 706. The molecular formula is C19H33N5O7S. The monoisotopic (exact) mass is 475 g/mol. The normalized spacial score (nSPS) is 19.5. The first-order valence-corrected chi connectivity index (χ1v) is 11.7. The van der Waals surface area contributed by atoms with Gasteiger partial charge in [-0.1, -0.05) is 0 Å². The summed E-state index contributed by atoms with van der Waals surface area (Å²) in [6, 6.07) is -4.38. The van der Waals surface area contributed by atoms with Crippen molar-refractivity contribution >= 4 is 41.4 Å². The summed E-state index contributed by atoms with van der Waals surface area (Å²) in [7, 11) is 0. The summed E-state index contributed by atoms with van der Waals surface area (Å²) in [5.74, 6) is -3.26. The van der Waals surface area contributed by atoms with Gasteiger partial charge in [-0.15, -0.1) is 0 Å². The third-order valence-electron chi connectivity index (χ3n) is 5.18. The molecule has 182 valence electrons. The zero-order valence-corrected chi connectivity index (χ0v) is 19.1. The number of likely N-dealkylation sites (tertiary alicyclic amines) is 1. The predicted octanol–water partition coefficient (Wildman–Crippen LogP) is -2.24. The molecule has 32 heavy (non-hydrogen) atoms. The van der Waals surface area contributed by atoms with Crippen molar-refractivity contribution in [3.63, 3.8) is 0 Å². The minimum absolute atomic E-state index is 0.166. The molecule has 1 saturated heterocycles. The van der Waals surface area contributed by atoms with Gasteiger partial charge in [-0.25, -0.2) is 4.79 Å². The van der Waals surface area contributed by atoms with E-state index in [4.69, 9.17) is 11.5 Å². The largest absolute Gasteiger partial charge is 0.480 e. The molecule has 12 nitrogen and oxygen atoms in total. The molecular weight excluding hydrogens is 442 g/mol. The molecule has 8 N–H and O–H groups in total. The lowest BCUT2D eigenvalue weighted by molar-refractivity contribution is -0.145. The van der Waals surface area contributed by atoms with Gasteiger partial charge in [-0.2, -0.15) is 11.8 Å². The second-order valence-electron chi connectivity index (χ2n) is 7.70. The van der Waals surface area contributed by atoms with E-state index in [-0.39, 0.29) is 19.4 Å². The van der Waals surface area contributed by atoms with Crippen molar-refractivity contribution in [2.75, 3.05) is 18.6 Å². The van der Waals surface area contributed by atoms with Gasteiger partial charge in [0.05, 0.1) is 6.10 Å². The van der Waals surface area contributed by atoms with Crippen LogP contribution >= 0.6 is 11.8 Å². The van der Waals surface area contributed by atoms with Crippen molar-refractivity contribution in [2.24, 2.45) is 11.5 Å². The lowest BCUT2D eigenvalue weighted by Gasteiger charge is -2.30. The van der Waals surface area contributed by atoms with Gasteiger partial charge in [0.15, 0.2) is 0 Å². The zero-order valence-electron chi connectivity index (χ0n) is 18.3. The van der Waals surface area contributed by atoms with Crippen molar-refractivity contribution in [3.05, 3.63) is 0 Å². The highest BCUT2D eigenvalue weighted by atomic mass is 32.2. The summed E-state index contributed by atoms with van der Waals surface area (Å²) >= 11 is 1.47. The van der Waals surface area contributed by atoms with E-state index in [1.807, 2.05) is 6.26 Å². The van der Waals surface area contributed by atoms with Gasteiger partial charge in [0, 0.05) is 13.0 Å². The number of amides is 4. The highest BCUT2D eigenvalue weighted by Crippen LogP contribution is 2.20. The lowest BCUT2D eigenvalue weighted by Crippen LogP contribution is -2.58. The molecule has 0 aromatic heterocycles. The van der Waals surface area contributed by atoms with Crippen LogP contribution in [0, 0.1) is 0 Å². The molecule has 0 radical (unpaired) electrons. The first-order chi connectivity index (χ1) is 15.0. The second-order valence-corrected chi connectivity index (χ2v) is 8.69. The summed E-state index contributed by atoms with van der Waals surface area (Å²) < 4.78 is 0. The van der Waals surface area contributed by atoms with Crippen molar-refractivity contribution in [1.29, 1.82) is 0 Å². The van der Waals surface area contributed by atoms with Crippen LogP contribution in [-0.2, 0) is 24.0 Å². The first-order valence-electron chi connectivity index (χ1n) is 10.3. The van der Waals surface area contributed by atoms with E-state index in [1.165, 1.54) is 23.6 Å². The molecule has 1 aliphatic heterocycles. The van der Waals surface area contributed by atoms with E-state index >= 15 is 0 Å². The lowest BCUT2D eigenvalue weighted by atomic mass is 10.1. The van der Waals surface area contributed by atoms with Crippen molar-refractivity contribution in [1.82, 2.24) is 15.5 Å². The number of aliphatic carboxylic acids is 1. The second kappa shape index (κ2) is 13.2. The number of rotatable bonds is 13. The van der Waals surface area contributed by atoms with Crippen LogP contribution in [0.3, 0.4) is 0 Å². The van der Waals surface area contributed by atoms with E-state index in [1.54, 1.807) is 0 Å². The van der Waals surface area contributed by atoms with Crippen LogP contribution in [0.25, 0.3) is 0 Å². The van der Waals surface area contributed by atoms with Crippen molar-refractivity contribution < 1.29 is 34.2 Å². The van der Waals surface area contributed by atoms with E-state index in [2.05, 4.69) is 10.6 Å². The minimum Gasteiger partial charge on any atom is -0.480 e. The molecule has 13 heteroatoms. The van der Waals surface area contributed by atoms with Gasteiger partial charge >= 0.3 is 5.97 Å². The fourth-order valence-corrected chi connectivity index (χ4v) is 3.77. The van der Waals surface area contributed by atoms with Crippen LogP contribution in [0.5, 0.6) is 0 Å². The van der Waals surface area contributed by atoms with Gasteiger partial charge in [0.1, 0.15) is 24.2 Å². The Morgan fingerprint density at radius 3 is 2.34 bits per heavy atom. The molecule has 0 aromatic rings. The highest BCUT2D eigenvalue weighted by Gasteiger charge is 2.39. The van der Waals surface area contributed by atoms with E-state index in [0.717, 1.165) is 0 Å². The molecule has 0 saturated carbocycles. The van der Waals surface area contributed by atoms with E-state index in [9.17, 15) is 34.2 Å². The maximum Gasteiger partial charge on any atom is 0.326 e. The van der Waals surface area contributed by atoms with Crippen molar-refractivity contribution in [3.8, 4) is 0 Å². The van der Waals surface area contributed by atoms with Gasteiger partial charge in [-0.3, -0.25) is 19.2 Å². The van der Waals surface area contributed by atoms with Crippen LogP contribution in [0.2, 0.25) is 0 Å². The third kappa shape index (κ3) is 8.28. The van der Waals surface area contributed by atoms with Crippen LogP contribution in [-0.4, -0.2) is 93.5 Å². The van der Waals surface area contributed by atoms with Gasteiger partial charge in [0.2, 0.25) is 23.6 Å². The Balaban J connectivity index is 2.92. The summed E-state index contributed by atoms with van der Waals surface area (Å²) in [4.78, 5) is 61.9. The summed E-state index contributed by atoms with van der Waals surface area (Å²) in [5.41, 5.74) is 10.7. The molecule has 1 heterocycles. The molecule has 0 aliphatic carbocycles. The quantitative estimate of drug-likeness (QED) is 0.170. The van der Waals surface area contributed by atoms with Crippen molar-refractivity contribution in [2.45, 2.75) is 69.3 Å². The Kier molecular flexibility index (Phi) is 11.4. The fourth-order valence-electron chi connectivity index (χ4n) is 3.30. The third-order valence-corrected chi connectivity index (χ3v) is 5.82. The molecule has 0 bridgehead atoms. The molecule has 4 amide bonds. The number of aliphatic hydroxyl groups excluding tert-OH is 1. The van der Waals surface area contributed by atoms with Gasteiger partial charge in [0.25, 0.3) is 0 Å². The maximum atomic E-state index is 13.2. The SMILES string of the molecule is CSCCC(NC(=O)C(N)C(C)O)C(=O)N1CCCC1C(=O)NC(CCC(N)=O)C(=O)O. The Hall–Kier alpha value is -2.38. The molecule has 0 aromatic carbocycles. The van der Waals surface area contributed by atoms with E-state index < -0.39 is 59.9 Å². The minimum atomic E-state index is -1.32. The zero-order chi connectivity index (χ0) is 24.4. The Morgan fingerprint density at radius 1 is 1.16 bits per heavy atom. The first kappa shape index (κ1) is 27.7. The number of aliphatic hydroxyl groups is 1. The number of nitrogens with zero attached hydrogens (tertiary/aromatic N) is 1. The number of carbonyl (C=O) groups excluding carboxylic acids is 4. The number of nitrogens with one attached hydrogen (secondary N) is 2. The molecule has 1 rings (SSSR count). The number of hydrogen-bond donors (Lipinski definition) is 6. The number of carboxylic acid groups (broad SMARTS) is 1. The molecule has 1 fully saturated rings. The van der Waals surface area contributed by atoms with Crippen LogP contribution in [0.15, 0.2) is 0 Å². The maximum absolute atomic E-state index is 13.2. The molecule has 5 unspecified atom stereocenters. The number of hydrogen-bond acceptors (Lipinski definition) is 8. The highest BCUT2D eigenvalue weighted by molar-refractivity contribution is 7.98. The Labute approximate surface area is 190 Å². The fraction of sp³-hybridized carbons (Fsp3) is 0.737. The van der Waals surface area contributed by atoms with Gasteiger partial charge < -0.3 is 37.2 Å². The number of thioether (sulfide) groups is 1. The average Bonchev–Trinajstić information content (AvgIpc) is 3.22. The number of nitrogens with two attached hydrogens (primary N) is 2. The Morgan fingerprint density at radius 2 is 1.81 bits per heavy atom. The topological polar surface area (TPSA) is 205 Å². The van der Waals surface area contributed by atoms with Crippen LogP contribution in [0.1, 0.15) is 39.0 Å². The summed E-state index contributed by atoms with van der Waals surface area (Å²) in [6.07, 6.45) is 1.51. The molecule has 0 spiro atoms. The number of carbonyl (C=O) groups is 5. The molecule has 1 aliphatic rings. The van der Waals surface area contributed by atoms with Gasteiger partial charge in [-0.05, 0) is 44.6 Å². The van der Waals surface area contributed by atoms with E-state index in [0.29, 0.717) is 25.0 Å². The van der Waals surface area contributed by atoms with Crippen LogP contribution in [0.4, 0.5) is 0 Å². The smallest absolute Gasteiger partial charge is 0.326 e. The molecule has 5 atom stereocenters. The summed E-state index contributed by atoms with van der Waals surface area (Å²) in [5, 5.41) is 23.8. The average molecular weight is 476 g/mol. The predicted molar refractivity (Wildman–Crippen MR) is 117 cm³/mol.